The van der Waals surface area contributed by atoms with Crippen LogP contribution in [0.5, 0.6) is 0 Å². The second-order valence-corrected chi connectivity index (χ2v) is 6.01. The normalized spacial score (nSPS) is 12.6. The van der Waals surface area contributed by atoms with Gasteiger partial charge in [0, 0.05) is 21.9 Å². The molecule has 0 aliphatic rings. The van der Waals surface area contributed by atoms with Crippen LogP contribution in [0.4, 0.5) is 0 Å². The highest BCUT2D eigenvalue weighted by Crippen LogP contribution is 2.24. The van der Waals surface area contributed by atoms with Crippen LogP contribution >= 0.6 is 27.3 Å². The van der Waals surface area contributed by atoms with E-state index in [1.54, 1.807) is 0 Å². The van der Waals surface area contributed by atoms with Crippen LogP contribution in [0.15, 0.2) is 40.2 Å². The highest BCUT2D eigenvalue weighted by molar-refractivity contribution is 9.10. The SMILES string of the molecule is Cc1ccsc1CN[C@H](C)c1ccccc1Br. The number of thiophene rings is 1. The number of aryl methyl sites for hydroxylation is 1. The van der Waals surface area contributed by atoms with Crippen molar-refractivity contribution in [2.24, 2.45) is 0 Å². The minimum absolute atomic E-state index is 0.354. The van der Waals surface area contributed by atoms with Gasteiger partial charge in [-0.3, -0.25) is 0 Å². The Bertz CT molecular complexity index is 492. The van der Waals surface area contributed by atoms with E-state index in [1.807, 2.05) is 17.4 Å². The van der Waals surface area contributed by atoms with E-state index in [9.17, 15) is 0 Å². The maximum Gasteiger partial charge on any atom is 0.0308 e. The summed E-state index contributed by atoms with van der Waals surface area (Å²) in [6, 6.07) is 10.9. The molecule has 0 aliphatic heterocycles. The second kappa shape index (κ2) is 5.80. The van der Waals surface area contributed by atoms with Crippen molar-refractivity contribution in [1.29, 1.82) is 0 Å². The first-order valence-corrected chi connectivity index (χ1v) is 7.36. The Labute approximate surface area is 115 Å². The van der Waals surface area contributed by atoms with Crippen molar-refractivity contribution in [2.45, 2.75) is 26.4 Å². The molecule has 2 aromatic rings. The fourth-order valence-electron chi connectivity index (χ4n) is 1.77. The Balaban J connectivity index is 2.01. The van der Waals surface area contributed by atoms with Gasteiger partial charge in [-0.25, -0.2) is 0 Å². The Kier molecular flexibility index (Phi) is 4.37. The summed E-state index contributed by atoms with van der Waals surface area (Å²) in [5.74, 6) is 0. The summed E-state index contributed by atoms with van der Waals surface area (Å²) in [4.78, 5) is 1.42. The van der Waals surface area contributed by atoms with Crippen LogP contribution in [0.2, 0.25) is 0 Å². The molecule has 1 atom stereocenters. The third kappa shape index (κ3) is 3.18. The van der Waals surface area contributed by atoms with Crippen molar-refractivity contribution in [2.75, 3.05) is 0 Å². The predicted octanol–water partition coefficient (Wildman–Crippen LogP) is 4.67. The van der Waals surface area contributed by atoms with Crippen LogP contribution in [0.25, 0.3) is 0 Å². The van der Waals surface area contributed by atoms with Crippen molar-refractivity contribution in [1.82, 2.24) is 5.32 Å². The van der Waals surface area contributed by atoms with E-state index < -0.39 is 0 Å². The lowest BCUT2D eigenvalue weighted by molar-refractivity contribution is 0.576. The van der Waals surface area contributed by atoms with Gasteiger partial charge in [0.1, 0.15) is 0 Å². The lowest BCUT2D eigenvalue weighted by Gasteiger charge is -2.15. The van der Waals surface area contributed by atoms with E-state index in [0.717, 1.165) is 6.54 Å². The topological polar surface area (TPSA) is 12.0 Å². The average Bonchev–Trinajstić information content (AvgIpc) is 2.72. The Morgan fingerprint density at radius 3 is 2.71 bits per heavy atom. The molecule has 0 spiro atoms. The van der Waals surface area contributed by atoms with Gasteiger partial charge in [0.2, 0.25) is 0 Å². The molecule has 0 unspecified atom stereocenters. The van der Waals surface area contributed by atoms with Crippen molar-refractivity contribution in [3.63, 3.8) is 0 Å². The molecule has 0 saturated carbocycles. The zero-order valence-electron chi connectivity index (χ0n) is 10.0. The molecule has 1 aromatic carbocycles. The quantitative estimate of drug-likeness (QED) is 0.865. The first-order chi connectivity index (χ1) is 8.18. The standard InChI is InChI=1S/C14H16BrNS/c1-10-7-8-17-14(10)9-16-11(2)12-5-3-4-6-13(12)15/h3-8,11,16H,9H2,1-2H3/t11-/m1/s1. The van der Waals surface area contributed by atoms with Crippen LogP contribution in [0.1, 0.15) is 29.0 Å². The lowest BCUT2D eigenvalue weighted by atomic mass is 10.1. The van der Waals surface area contributed by atoms with Crippen molar-refractivity contribution < 1.29 is 0 Å². The summed E-state index contributed by atoms with van der Waals surface area (Å²) in [6.07, 6.45) is 0. The van der Waals surface area contributed by atoms with E-state index in [0.29, 0.717) is 6.04 Å². The van der Waals surface area contributed by atoms with Gasteiger partial charge >= 0.3 is 0 Å². The summed E-state index contributed by atoms with van der Waals surface area (Å²) >= 11 is 5.41. The molecule has 0 aliphatic carbocycles. The van der Waals surface area contributed by atoms with Gasteiger partial charge in [-0.2, -0.15) is 0 Å². The highest BCUT2D eigenvalue weighted by atomic mass is 79.9. The first-order valence-electron chi connectivity index (χ1n) is 5.69. The summed E-state index contributed by atoms with van der Waals surface area (Å²) in [7, 11) is 0. The number of nitrogens with one attached hydrogen (secondary N) is 1. The molecule has 1 nitrogen and oxygen atoms in total. The zero-order chi connectivity index (χ0) is 12.3. The van der Waals surface area contributed by atoms with Gasteiger partial charge in [-0.05, 0) is 42.5 Å². The molecule has 1 N–H and O–H groups in total. The molecule has 2 rings (SSSR count). The maximum absolute atomic E-state index is 3.59. The van der Waals surface area contributed by atoms with Gasteiger partial charge in [0.25, 0.3) is 0 Å². The number of halogens is 1. The Morgan fingerprint density at radius 1 is 1.29 bits per heavy atom. The summed E-state index contributed by atoms with van der Waals surface area (Å²) < 4.78 is 1.17. The van der Waals surface area contributed by atoms with Crippen molar-refractivity contribution in [3.05, 3.63) is 56.2 Å². The molecule has 1 aromatic heterocycles. The minimum Gasteiger partial charge on any atom is -0.305 e. The molecule has 0 saturated heterocycles. The number of rotatable bonds is 4. The molecule has 0 fully saturated rings. The Hall–Kier alpha value is -0.640. The largest absolute Gasteiger partial charge is 0.305 e. The summed E-state index contributed by atoms with van der Waals surface area (Å²) in [6.45, 7) is 5.30. The smallest absolute Gasteiger partial charge is 0.0308 e. The van der Waals surface area contributed by atoms with Gasteiger partial charge in [-0.1, -0.05) is 34.1 Å². The molecule has 1 heterocycles. The molecule has 0 radical (unpaired) electrons. The molecule has 90 valence electrons. The van der Waals surface area contributed by atoms with Crippen LogP contribution < -0.4 is 5.32 Å². The van der Waals surface area contributed by atoms with Crippen LogP contribution in [-0.2, 0) is 6.54 Å². The van der Waals surface area contributed by atoms with Crippen molar-refractivity contribution >= 4 is 27.3 Å². The van der Waals surface area contributed by atoms with E-state index in [4.69, 9.17) is 0 Å². The minimum atomic E-state index is 0.354. The average molecular weight is 310 g/mol. The molecule has 0 bridgehead atoms. The molecular formula is C14H16BrNS. The van der Waals surface area contributed by atoms with Gasteiger partial charge in [0.15, 0.2) is 0 Å². The van der Waals surface area contributed by atoms with E-state index in [2.05, 4.69) is 64.7 Å². The zero-order valence-corrected chi connectivity index (χ0v) is 12.4. The molecule has 3 heteroatoms. The molecular weight excluding hydrogens is 294 g/mol. The molecule has 17 heavy (non-hydrogen) atoms. The van der Waals surface area contributed by atoms with Crippen molar-refractivity contribution in [3.8, 4) is 0 Å². The van der Waals surface area contributed by atoms with E-state index in [-0.39, 0.29) is 0 Å². The van der Waals surface area contributed by atoms with Gasteiger partial charge < -0.3 is 5.32 Å². The number of hydrogen-bond donors (Lipinski definition) is 1. The Morgan fingerprint density at radius 2 is 2.06 bits per heavy atom. The fourth-order valence-corrected chi connectivity index (χ4v) is 3.25. The molecule has 0 amide bonds. The van der Waals surface area contributed by atoms with Gasteiger partial charge in [-0.15, -0.1) is 11.3 Å². The summed E-state index contributed by atoms with van der Waals surface area (Å²) in [5.41, 5.74) is 2.68. The highest BCUT2D eigenvalue weighted by Gasteiger charge is 2.08. The number of benzene rings is 1. The maximum atomic E-state index is 3.59. The van der Waals surface area contributed by atoms with Crippen LogP contribution in [0.3, 0.4) is 0 Å². The predicted molar refractivity (Wildman–Crippen MR) is 78.5 cm³/mol. The summed E-state index contributed by atoms with van der Waals surface area (Å²) in [5, 5.41) is 5.71. The van der Waals surface area contributed by atoms with Crippen LogP contribution in [-0.4, -0.2) is 0 Å². The lowest BCUT2D eigenvalue weighted by Crippen LogP contribution is -2.18. The first kappa shape index (κ1) is 12.8. The van der Waals surface area contributed by atoms with E-state index in [1.165, 1.54) is 20.5 Å². The van der Waals surface area contributed by atoms with Crippen LogP contribution in [0, 0.1) is 6.92 Å². The monoisotopic (exact) mass is 309 g/mol. The number of hydrogen-bond acceptors (Lipinski definition) is 2. The fraction of sp³-hybridized carbons (Fsp3) is 0.286. The third-order valence-electron chi connectivity index (χ3n) is 2.91. The van der Waals surface area contributed by atoms with Gasteiger partial charge in [0.05, 0.1) is 0 Å². The second-order valence-electron chi connectivity index (χ2n) is 4.15. The third-order valence-corrected chi connectivity index (χ3v) is 4.65. The van der Waals surface area contributed by atoms with E-state index >= 15 is 0 Å².